The van der Waals surface area contributed by atoms with Crippen LogP contribution in [0.15, 0.2) is 18.2 Å². The normalized spacial score (nSPS) is 15.9. The van der Waals surface area contributed by atoms with Gasteiger partial charge in [-0.2, -0.15) is 0 Å². The van der Waals surface area contributed by atoms with E-state index in [1.54, 1.807) is 30.5 Å². The number of carbonyl (C=O) groups excluding carboxylic acids is 1. The minimum Gasteiger partial charge on any atom is -0.478 e. The summed E-state index contributed by atoms with van der Waals surface area (Å²) in [7, 11) is 0. The molecule has 0 radical (unpaired) electrons. The number of carboxylic acid groups (broad SMARTS) is 1. The Balaban J connectivity index is 2.05. The maximum absolute atomic E-state index is 12.2. The van der Waals surface area contributed by atoms with Gasteiger partial charge in [0, 0.05) is 6.04 Å². The SMILES string of the molecule is Cc1nc2c(C(=O)O)cccc2n1C(C)C(=O)NC1CC1. The number of aryl methyl sites for hydroxylation is 1. The molecule has 1 aliphatic rings. The molecule has 6 nitrogen and oxygen atoms in total. The van der Waals surface area contributed by atoms with Crippen LogP contribution in [-0.4, -0.2) is 32.6 Å². The summed E-state index contributed by atoms with van der Waals surface area (Å²) in [6.07, 6.45) is 2.07. The highest BCUT2D eigenvalue weighted by Crippen LogP contribution is 2.25. The van der Waals surface area contributed by atoms with Gasteiger partial charge in [0.2, 0.25) is 5.91 Å². The van der Waals surface area contributed by atoms with Crippen LogP contribution in [0.1, 0.15) is 42.0 Å². The lowest BCUT2D eigenvalue weighted by Crippen LogP contribution is -2.32. The molecular formula is C15H17N3O3. The van der Waals surface area contributed by atoms with Gasteiger partial charge < -0.3 is 15.0 Å². The van der Waals surface area contributed by atoms with Crippen LogP contribution in [0.4, 0.5) is 0 Å². The number of carbonyl (C=O) groups is 2. The molecule has 0 bridgehead atoms. The maximum Gasteiger partial charge on any atom is 0.337 e. The first-order valence-electron chi connectivity index (χ1n) is 7.00. The number of carboxylic acids is 1. The highest BCUT2D eigenvalue weighted by molar-refractivity contribution is 6.01. The van der Waals surface area contributed by atoms with Crippen molar-refractivity contribution in [2.75, 3.05) is 0 Å². The van der Waals surface area contributed by atoms with Crippen molar-refractivity contribution in [2.45, 2.75) is 38.8 Å². The molecule has 0 saturated heterocycles. The first-order valence-corrected chi connectivity index (χ1v) is 7.00. The lowest BCUT2D eigenvalue weighted by Gasteiger charge is -2.16. The van der Waals surface area contributed by atoms with E-state index in [1.807, 2.05) is 0 Å². The fourth-order valence-corrected chi connectivity index (χ4v) is 2.56. The second kappa shape index (κ2) is 4.87. The van der Waals surface area contributed by atoms with Crippen molar-refractivity contribution in [3.63, 3.8) is 0 Å². The standard InChI is InChI=1S/C15H17N3O3/c1-8(14(19)17-10-6-7-10)18-9(2)16-13-11(15(20)21)4-3-5-12(13)18/h3-5,8,10H,6-7H2,1-2H3,(H,17,19)(H,20,21). The van der Waals surface area contributed by atoms with E-state index >= 15 is 0 Å². The van der Waals surface area contributed by atoms with Crippen molar-refractivity contribution in [3.8, 4) is 0 Å². The molecule has 3 rings (SSSR count). The number of fused-ring (bicyclic) bond motifs is 1. The Morgan fingerprint density at radius 1 is 1.43 bits per heavy atom. The van der Waals surface area contributed by atoms with E-state index in [9.17, 15) is 14.7 Å². The number of imidazole rings is 1. The van der Waals surface area contributed by atoms with E-state index < -0.39 is 12.0 Å². The van der Waals surface area contributed by atoms with Crippen LogP contribution in [0, 0.1) is 6.92 Å². The van der Waals surface area contributed by atoms with Crippen molar-refractivity contribution in [1.82, 2.24) is 14.9 Å². The minimum atomic E-state index is -1.01. The van der Waals surface area contributed by atoms with E-state index in [2.05, 4.69) is 10.3 Å². The average molecular weight is 287 g/mol. The summed E-state index contributed by atoms with van der Waals surface area (Å²) in [5, 5.41) is 12.2. The van der Waals surface area contributed by atoms with Gasteiger partial charge in [0.25, 0.3) is 0 Å². The van der Waals surface area contributed by atoms with Crippen molar-refractivity contribution < 1.29 is 14.7 Å². The fraction of sp³-hybridized carbons (Fsp3) is 0.400. The smallest absolute Gasteiger partial charge is 0.337 e. The summed E-state index contributed by atoms with van der Waals surface area (Å²) in [6.45, 7) is 3.59. The molecular weight excluding hydrogens is 270 g/mol. The van der Waals surface area contributed by atoms with Gasteiger partial charge in [-0.1, -0.05) is 6.07 Å². The second-order valence-corrected chi connectivity index (χ2v) is 5.47. The Bertz CT molecular complexity index is 731. The van der Waals surface area contributed by atoms with Crippen LogP contribution in [-0.2, 0) is 4.79 Å². The number of rotatable bonds is 4. The predicted molar refractivity (Wildman–Crippen MR) is 77.3 cm³/mol. The molecule has 2 N–H and O–H groups in total. The van der Waals surface area contributed by atoms with Gasteiger partial charge in [-0.05, 0) is 38.8 Å². The molecule has 1 heterocycles. The lowest BCUT2D eigenvalue weighted by atomic mass is 10.2. The molecule has 21 heavy (non-hydrogen) atoms. The summed E-state index contributed by atoms with van der Waals surface area (Å²) in [5.41, 5.74) is 1.25. The molecule has 110 valence electrons. The van der Waals surface area contributed by atoms with Crippen LogP contribution in [0.2, 0.25) is 0 Å². The highest BCUT2D eigenvalue weighted by Gasteiger charge is 2.28. The molecule has 1 aromatic carbocycles. The van der Waals surface area contributed by atoms with Crippen LogP contribution in [0.25, 0.3) is 11.0 Å². The van der Waals surface area contributed by atoms with Gasteiger partial charge in [0.15, 0.2) is 0 Å². The molecule has 1 unspecified atom stereocenters. The third kappa shape index (κ3) is 2.37. The Labute approximate surface area is 121 Å². The fourth-order valence-electron chi connectivity index (χ4n) is 2.56. The van der Waals surface area contributed by atoms with E-state index in [4.69, 9.17) is 0 Å². The number of nitrogens with zero attached hydrogens (tertiary/aromatic N) is 2. The van der Waals surface area contributed by atoms with E-state index in [0.717, 1.165) is 12.8 Å². The zero-order chi connectivity index (χ0) is 15.1. The van der Waals surface area contributed by atoms with Crippen LogP contribution >= 0.6 is 0 Å². The number of hydrogen-bond donors (Lipinski definition) is 2. The Hall–Kier alpha value is -2.37. The molecule has 0 aliphatic heterocycles. The number of hydrogen-bond acceptors (Lipinski definition) is 3. The molecule has 2 aromatic rings. The van der Waals surface area contributed by atoms with E-state index in [-0.39, 0.29) is 11.5 Å². The summed E-state index contributed by atoms with van der Waals surface area (Å²) >= 11 is 0. The largest absolute Gasteiger partial charge is 0.478 e. The van der Waals surface area contributed by atoms with Gasteiger partial charge >= 0.3 is 5.97 Å². The molecule has 1 fully saturated rings. The van der Waals surface area contributed by atoms with Crippen LogP contribution < -0.4 is 5.32 Å². The molecule has 0 spiro atoms. The number of aromatic nitrogens is 2. The Morgan fingerprint density at radius 2 is 2.14 bits per heavy atom. The van der Waals surface area contributed by atoms with E-state index in [0.29, 0.717) is 22.9 Å². The molecule has 1 aromatic heterocycles. The second-order valence-electron chi connectivity index (χ2n) is 5.47. The molecule has 1 saturated carbocycles. The lowest BCUT2D eigenvalue weighted by molar-refractivity contribution is -0.123. The summed E-state index contributed by atoms with van der Waals surface area (Å²) < 4.78 is 1.79. The van der Waals surface area contributed by atoms with Gasteiger partial charge in [0.05, 0.1) is 11.1 Å². The van der Waals surface area contributed by atoms with Gasteiger partial charge in [-0.15, -0.1) is 0 Å². The van der Waals surface area contributed by atoms with Crippen LogP contribution in [0.3, 0.4) is 0 Å². The van der Waals surface area contributed by atoms with Crippen molar-refractivity contribution in [3.05, 3.63) is 29.6 Å². The summed E-state index contributed by atoms with van der Waals surface area (Å²) in [5.74, 6) is -0.432. The van der Waals surface area contributed by atoms with Crippen molar-refractivity contribution >= 4 is 22.9 Å². The Kier molecular flexibility index (Phi) is 3.16. The van der Waals surface area contributed by atoms with E-state index in [1.165, 1.54) is 6.07 Å². The van der Waals surface area contributed by atoms with Crippen LogP contribution in [0.5, 0.6) is 0 Å². The zero-order valence-corrected chi connectivity index (χ0v) is 12.0. The number of nitrogens with one attached hydrogen (secondary N) is 1. The monoisotopic (exact) mass is 287 g/mol. The summed E-state index contributed by atoms with van der Waals surface area (Å²) in [6, 6.07) is 4.87. The summed E-state index contributed by atoms with van der Waals surface area (Å²) in [4.78, 5) is 27.8. The molecule has 1 amide bonds. The van der Waals surface area contributed by atoms with Crippen molar-refractivity contribution in [2.24, 2.45) is 0 Å². The number of aromatic carboxylic acids is 1. The topological polar surface area (TPSA) is 84.2 Å². The number of para-hydroxylation sites is 1. The maximum atomic E-state index is 12.2. The minimum absolute atomic E-state index is 0.0550. The Morgan fingerprint density at radius 3 is 2.76 bits per heavy atom. The molecule has 1 atom stereocenters. The highest BCUT2D eigenvalue weighted by atomic mass is 16.4. The third-order valence-corrected chi connectivity index (χ3v) is 3.82. The third-order valence-electron chi connectivity index (χ3n) is 3.82. The van der Waals surface area contributed by atoms with Gasteiger partial charge in [-0.3, -0.25) is 4.79 Å². The first kappa shape index (κ1) is 13.6. The molecule has 1 aliphatic carbocycles. The number of benzene rings is 1. The predicted octanol–water partition coefficient (Wildman–Crippen LogP) is 1.88. The zero-order valence-electron chi connectivity index (χ0n) is 12.0. The van der Waals surface area contributed by atoms with Gasteiger partial charge in [0.1, 0.15) is 17.4 Å². The quantitative estimate of drug-likeness (QED) is 0.899. The number of amides is 1. The van der Waals surface area contributed by atoms with Gasteiger partial charge in [-0.25, -0.2) is 9.78 Å². The molecule has 6 heteroatoms. The van der Waals surface area contributed by atoms with Crippen molar-refractivity contribution in [1.29, 1.82) is 0 Å². The average Bonchev–Trinajstić information content (AvgIpc) is 3.17. The first-order chi connectivity index (χ1) is 9.99.